The number of benzene rings is 1. The lowest BCUT2D eigenvalue weighted by molar-refractivity contribution is 0.304. The van der Waals surface area contributed by atoms with Gasteiger partial charge in [-0.15, -0.1) is 0 Å². The fourth-order valence-electron chi connectivity index (χ4n) is 2.02. The highest BCUT2D eigenvalue weighted by molar-refractivity contribution is 6.38. The molecular formula is C13H8Cl2O4. The van der Waals surface area contributed by atoms with Gasteiger partial charge in [-0.3, -0.25) is 0 Å². The van der Waals surface area contributed by atoms with Crippen LogP contribution in [0.25, 0.3) is 16.7 Å². The Morgan fingerprint density at radius 1 is 1.26 bits per heavy atom. The van der Waals surface area contributed by atoms with E-state index in [2.05, 4.69) is 0 Å². The number of halogens is 2. The molecule has 1 aromatic carbocycles. The van der Waals surface area contributed by atoms with Crippen molar-refractivity contribution >= 4 is 39.9 Å². The molecule has 98 valence electrons. The number of hydrogen-bond acceptors (Lipinski definition) is 4. The fourth-order valence-corrected chi connectivity index (χ4v) is 2.56. The van der Waals surface area contributed by atoms with E-state index in [-0.39, 0.29) is 27.3 Å². The van der Waals surface area contributed by atoms with Crippen LogP contribution in [0.4, 0.5) is 0 Å². The van der Waals surface area contributed by atoms with E-state index < -0.39 is 5.63 Å². The monoisotopic (exact) mass is 298 g/mol. The Bertz CT molecular complexity index is 761. The van der Waals surface area contributed by atoms with Gasteiger partial charge in [-0.2, -0.15) is 0 Å². The molecule has 19 heavy (non-hydrogen) atoms. The highest BCUT2D eigenvalue weighted by Gasteiger charge is 2.22. The second kappa shape index (κ2) is 4.47. The molecule has 0 saturated heterocycles. The van der Waals surface area contributed by atoms with Crippen LogP contribution < -0.4 is 5.63 Å². The van der Waals surface area contributed by atoms with E-state index in [0.29, 0.717) is 23.8 Å². The first-order valence-electron chi connectivity index (χ1n) is 5.56. The van der Waals surface area contributed by atoms with Gasteiger partial charge in [0.05, 0.1) is 17.0 Å². The van der Waals surface area contributed by atoms with Crippen molar-refractivity contribution in [2.24, 2.45) is 0 Å². The highest BCUT2D eigenvalue weighted by atomic mass is 35.5. The molecule has 0 amide bonds. The molecule has 0 saturated carbocycles. The molecule has 3 rings (SSSR count). The van der Waals surface area contributed by atoms with Gasteiger partial charge in [0.2, 0.25) is 0 Å². The number of fused-ring (bicyclic) bond motifs is 1. The predicted octanol–water partition coefficient (Wildman–Crippen LogP) is 3.57. The Labute approximate surface area is 117 Å². The maximum absolute atomic E-state index is 11.9. The van der Waals surface area contributed by atoms with Gasteiger partial charge in [0.1, 0.15) is 17.1 Å². The summed E-state index contributed by atoms with van der Waals surface area (Å²) < 4.78 is 10.4. The van der Waals surface area contributed by atoms with Gasteiger partial charge in [0, 0.05) is 11.4 Å². The molecule has 0 unspecified atom stereocenters. The number of hydrogen-bond donors (Lipinski definition) is 1. The summed E-state index contributed by atoms with van der Waals surface area (Å²) in [6.07, 6.45) is 2.41. The second-order valence-electron chi connectivity index (χ2n) is 4.08. The number of ether oxygens (including phenoxy) is 1. The molecule has 2 aromatic rings. The van der Waals surface area contributed by atoms with E-state index in [9.17, 15) is 9.90 Å². The van der Waals surface area contributed by atoms with Crippen LogP contribution in [0.3, 0.4) is 0 Å². The van der Waals surface area contributed by atoms with Crippen molar-refractivity contribution < 1.29 is 14.3 Å². The van der Waals surface area contributed by atoms with Crippen LogP contribution in [-0.4, -0.2) is 11.7 Å². The molecule has 6 heteroatoms. The lowest BCUT2D eigenvalue weighted by Gasteiger charge is -2.08. The van der Waals surface area contributed by atoms with E-state index in [0.717, 1.165) is 0 Å². The van der Waals surface area contributed by atoms with Crippen LogP contribution in [0.1, 0.15) is 12.0 Å². The van der Waals surface area contributed by atoms with Gasteiger partial charge in [-0.1, -0.05) is 23.2 Å². The summed E-state index contributed by atoms with van der Waals surface area (Å²) in [7, 11) is 0. The molecule has 0 fully saturated rings. The summed E-state index contributed by atoms with van der Waals surface area (Å²) in [5.41, 5.74) is -0.582. The minimum Gasteiger partial charge on any atom is -0.506 e. The Kier molecular flexibility index (Phi) is 2.92. The summed E-state index contributed by atoms with van der Waals surface area (Å²) in [6.45, 7) is 0.475. The first-order chi connectivity index (χ1) is 9.08. The van der Waals surface area contributed by atoms with Crippen molar-refractivity contribution in [1.29, 1.82) is 0 Å². The molecule has 2 heterocycles. The van der Waals surface area contributed by atoms with Crippen LogP contribution in [0.15, 0.2) is 27.4 Å². The van der Waals surface area contributed by atoms with Crippen molar-refractivity contribution in [2.75, 3.05) is 6.61 Å². The van der Waals surface area contributed by atoms with E-state index in [1.165, 1.54) is 12.1 Å². The van der Waals surface area contributed by atoms with E-state index in [1.807, 2.05) is 0 Å². The number of aromatic hydroxyl groups is 1. The lowest BCUT2D eigenvalue weighted by Crippen LogP contribution is -2.07. The SMILES string of the molecule is O=c1oc2c(Cl)cc(Cl)cc2c(O)c1C1=CCCO1. The molecule has 4 nitrogen and oxygen atoms in total. The van der Waals surface area contributed by atoms with Crippen LogP contribution in [0.5, 0.6) is 5.75 Å². The zero-order valence-corrected chi connectivity index (χ0v) is 11.1. The average Bonchev–Trinajstić information content (AvgIpc) is 2.85. The Morgan fingerprint density at radius 3 is 2.74 bits per heavy atom. The van der Waals surface area contributed by atoms with E-state index in [4.69, 9.17) is 32.4 Å². The molecule has 1 N–H and O–H groups in total. The Morgan fingerprint density at radius 2 is 2.05 bits per heavy atom. The molecule has 1 aliphatic rings. The van der Waals surface area contributed by atoms with Crippen molar-refractivity contribution in [1.82, 2.24) is 0 Å². The lowest BCUT2D eigenvalue weighted by atomic mass is 10.1. The van der Waals surface area contributed by atoms with E-state index in [1.54, 1.807) is 6.08 Å². The maximum atomic E-state index is 11.9. The molecule has 1 aromatic heterocycles. The average molecular weight is 299 g/mol. The molecular weight excluding hydrogens is 291 g/mol. The summed E-state index contributed by atoms with van der Waals surface area (Å²) >= 11 is 11.8. The normalized spacial score (nSPS) is 14.5. The largest absolute Gasteiger partial charge is 0.506 e. The van der Waals surface area contributed by atoms with Crippen molar-refractivity contribution in [3.05, 3.63) is 44.2 Å². The van der Waals surface area contributed by atoms with Gasteiger partial charge in [-0.05, 0) is 18.2 Å². The van der Waals surface area contributed by atoms with Gasteiger partial charge in [0.15, 0.2) is 5.58 Å². The maximum Gasteiger partial charge on any atom is 0.351 e. The summed E-state index contributed by atoms with van der Waals surface area (Å²) in [5.74, 6) is 0.0908. The van der Waals surface area contributed by atoms with Crippen LogP contribution in [0, 0.1) is 0 Å². The molecule has 1 aliphatic heterocycles. The van der Waals surface area contributed by atoms with Gasteiger partial charge < -0.3 is 14.3 Å². The molecule has 0 spiro atoms. The zero-order valence-electron chi connectivity index (χ0n) is 9.57. The minimum atomic E-state index is -0.692. The third-order valence-corrected chi connectivity index (χ3v) is 3.35. The zero-order chi connectivity index (χ0) is 13.6. The van der Waals surface area contributed by atoms with Crippen LogP contribution in [-0.2, 0) is 4.74 Å². The second-order valence-corrected chi connectivity index (χ2v) is 4.93. The Hall–Kier alpha value is -1.65. The smallest absolute Gasteiger partial charge is 0.351 e. The van der Waals surface area contributed by atoms with Gasteiger partial charge >= 0.3 is 5.63 Å². The predicted molar refractivity (Wildman–Crippen MR) is 72.7 cm³/mol. The molecule has 0 atom stereocenters. The summed E-state index contributed by atoms with van der Waals surface area (Å²) in [4.78, 5) is 11.9. The standard InChI is InChI=1S/C13H8Cl2O4/c14-6-4-7-11(16)10(9-2-1-3-18-9)13(17)19-12(7)8(15)5-6/h2,4-5,16H,1,3H2. The van der Waals surface area contributed by atoms with Crippen molar-refractivity contribution in [2.45, 2.75) is 6.42 Å². The molecule has 0 radical (unpaired) electrons. The third kappa shape index (κ3) is 1.97. The van der Waals surface area contributed by atoms with Gasteiger partial charge in [-0.25, -0.2) is 4.79 Å². The minimum absolute atomic E-state index is 0.00309. The van der Waals surface area contributed by atoms with Crippen molar-refractivity contribution in [3.8, 4) is 5.75 Å². The first-order valence-corrected chi connectivity index (χ1v) is 6.31. The summed E-state index contributed by atoms with van der Waals surface area (Å²) in [5, 5.41) is 11.0. The van der Waals surface area contributed by atoms with E-state index >= 15 is 0 Å². The highest BCUT2D eigenvalue weighted by Crippen LogP contribution is 2.37. The third-order valence-electron chi connectivity index (χ3n) is 2.85. The fraction of sp³-hybridized carbons (Fsp3) is 0.154. The quantitative estimate of drug-likeness (QED) is 0.818. The van der Waals surface area contributed by atoms with Crippen LogP contribution in [0.2, 0.25) is 10.0 Å². The van der Waals surface area contributed by atoms with Crippen molar-refractivity contribution in [3.63, 3.8) is 0 Å². The topological polar surface area (TPSA) is 59.7 Å². The Balaban J connectivity index is 2.39. The van der Waals surface area contributed by atoms with Crippen LogP contribution >= 0.6 is 23.2 Å². The van der Waals surface area contributed by atoms with Gasteiger partial charge in [0.25, 0.3) is 0 Å². The molecule has 0 aliphatic carbocycles. The summed E-state index contributed by atoms with van der Waals surface area (Å²) in [6, 6.07) is 2.93. The first kappa shape index (κ1) is 12.4. The molecule has 0 bridgehead atoms. The number of rotatable bonds is 1.